The van der Waals surface area contributed by atoms with Crippen molar-refractivity contribution < 1.29 is 14.3 Å². The van der Waals surface area contributed by atoms with E-state index < -0.39 is 6.03 Å². The third-order valence-corrected chi connectivity index (χ3v) is 2.40. The van der Waals surface area contributed by atoms with E-state index in [0.717, 1.165) is 17.1 Å². The van der Waals surface area contributed by atoms with Crippen LogP contribution >= 0.6 is 0 Å². The molecule has 0 heterocycles. The molecule has 0 radical (unpaired) electrons. The number of carbonyl (C=O) groups excluding carboxylic acids is 1. The number of carbonyl (C=O) groups is 1. The van der Waals surface area contributed by atoms with Gasteiger partial charge in [0.2, 0.25) is 0 Å². The molecule has 0 aliphatic carbocycles. The number of benzene rings is 1. The van der Waals surface area contributed by atoms with Crippen molar-refractivity contribution in [3.05, 3.63) is 23.8 Å². The first-order valence-corrected chi connectivity index (χ1v) is 5.62. The molecule has 0 bridgehead atoms. The fourth-order valence-corrected chi connectivity index (χ4v) is 1.52. The highest BCUT2D eigenvalue weighted by Gasteiger charge is 2.04. The molecular formula is C12H19N3O3. The van der Waals surface area contributed by atoms with E-state index >= 15 is 0 Å². The topological polar surface area (TPSA) is 85.6 Å². The Balaban J connectivity index is 2.47. The van der Waals surface area contributed by atoms with Crippen LogP contribution in [0.4, 0.5) is 4.79 Å². The number of methoxy groups -OCH3 is 2. The molecule has 0 spiro atoms. The normalized spacial score (nSPS) is 9.89. The van der Waals surface area contributed by atoms with Crippen molar-refractivity contribution >= 4 is 6.03 Å². The minimum absolute atomic E-state index is 0.488. The fourth-order valence-electron chi connectivity index (χ4n) is 1.52. The van der Waals surface area contributed by atoms with Crippen molar-refractivity contribution in [1.82, 2.24) is 10.6 Å². The summed E-state index contributed by atoms with van der Waals surface area (Å²) in [6.07, 6.45) is 0. The molecule has 1 aromatic rings. The molecule has 1 rings (SSSR count). The summed E-state index contributed by atoms with van der Waals surface area (Å²) in [5.41, 5.74) is 5.95. The van der Waals surface area contributed by atoms with Crippen LogP contribution in [0.25, 0.3) is 0 Å². The van der Waals surface area contributed by atoms with Gasteiger partial charge in [0.15, 0.2) is 0 Å². The second-order valence-electron chi connectivity index (χ2n) is 3.65. The van der Waals surface area contributed by atoms with Gasteiger partial charge in [-0.05, 0) is 18.2 Å². The Morgan fingerprint density at radius 1 is 1.28 bits per heavy atom. The Hall–Kier alpha value is -1.95. The Bertz CT molecular complexity index is 396. The third-order valence-electron chi connectivity index (χ3n) is 2.40. The van der Waals surface area contributed by atoms with Gasteiger partial charge < -0.3 is 25.8 Å². The van der Waals surface area contributed by atoms with E-state index in [1.54, 1.807) is 14.2 Å². The molecule has 100 valence electrons. The van der Waals surface area contributed by atoms with Crippen LogP contribution in [0.15, 0.2) is 18.2 Å². The van der Waals surface area contributed by atoms with E-state index in [1.807, 2.05) is 18.2 Å². The Labute approximate surface area is 106 Å². The van der Waals surface area contributed by atoms with Crippen LogP contribution in [-0.2, 0) is 6.54 Å². The summed E-state index contributed by atoms with van der Waals surface area (Å²) in [4.78, 5) is 10.5. The fraction of sp³-hybridized carbons (Fsp3) is 0.417. The number of nitrogens with two attached hydrogens (primary N) is 1. The summed E-state index contributed by atoms with van der Waals surface area (Å²) < 4.78 is 10.4. The van der Waals surface area contributed by atoms with Crippen LogP contribution in [0.3, 0.4) is 0 Å². The summed E-state index contributed by atoms with van der Waals surface area (Å²) in [7, 11) is 3.25. The average molecular weight is 253 g/mol. The molecule has 0 atom stereocenters. The predicted molar refractivity (Wildman–Crippen MR) is 68.8 cm³/mol. The number of hydrogen-bond acceptors (Lipinski definition) is 4. The second kappa shape index (κ2) is 7.39. The number of hydrogen-bond donors (Lipinski definition) is 3. The Morgan fingerprint density at radius 3 is 2.67 bits per heavy atom. The van der Waals surface area contributed by atoms with E-state index in [4.69, 9.17) is 15.2 Å². The summed E-state index contributed by atoms with van der Waals surface area (Å²) in [6.45, 7) is 1.74. The minimum Gasteiger partial charge on any atom is -0.497 e. The Morgan fingerprint density at radius 2 is 2.06 bits per heavy atom. The highest BCUT2D eigenvalue weighted by Crippen LogP contribution is 2.23. The molecule has 0 fully saturated rings. The van der Waals surface area contributed by atoms with Gasteiger partial charge >= 0.3 is 6.03 Å². The molecule has 0 aromatic heterocycles. The van der Waals surface area contributed by atoms with E-state index in [1.165, 1.54) is 0 Å². The highest BCUT2D eigenvalue weighted by molar-refractivity contribution is 5.71. The first kappa shape index (κ1) is 14.1. The van der Waals surface area contributed by atoms with Crippen LogP contribution < -0.4 is 25.8 Å². The lowest BCUT2D eigenvalue weighted by Gasteiger charge is -2.11. The number of amides is 2. The van der Waals surface area contributed by atoms with Crippen molar-refractivity contribution in [3.8, 4) is 11.5 Å². The van der Waals surface area contributed by atoms with Crippen molar-refractivity contribution in [1.29, 1.82) is 0 Å². The van der Waals surface area contributed by atoms with Crippen LogP contribution in [0.1, 0.15) is 5.56 Å². The van der Waals surface area contributed by atoms with E-state index in [0.29, 0.717) is 19.6 Å². The molecule has 2 amide bonds. The van der Waals surface area contributed by atoms with Gasteiger partial charge in [-0.2, -0.15) is 0 Å². The highest BCUT2D eigenvalue weighted by atomic mass is 16.5. The van der Waals surface area contributed by atoms with Gasteiger partial charge in [-0.15, -0.1) is 0 Å². The van der Waals surface area contributed by atoms with Gasteiger partial charge in [-0.25, -0.2) is 4.79 Å². The van der Waals surface area contributed by atoms with Crippen LogP contribution in [0, 0.1) is 0 Å². The number of urea groups is 1. The number of ether oxygens (including phenoxy) is 2. The van der Waals surface area contributed by atoms with E-state index in [9.17, 15) is 4.79 Å². The maximum absolute atomic E-state index is 10.5. The van der Waals surface area contributed by atoms with Gasteiger partial charge in [0.25, 0.3) is 0 Å². The first-order chi connectivity index (χ1) is 8.67. The molecule has 0 aliphatic heterocycles. The summed E-state index contributed by atoms with van der Waals surface area (Å²) in [6, 6.07) is 5.10. The van der Waals surface area contributed by atoms with E-state index in [-0.39, 0.29) is 0 Å². The number of nitrogens with one attached hydrogen (secondary N) is 2. The van der Waals surface area contributed by atoms with Gasteiger partial charge in [-0.1, -0.05) is 0 Å². The third kappa shape index (κ3) is 4.50. The van der Waals surface area contributed by atoms with Crippen molar-refractivity contribution in [2.75, 3.05) is 27.3 Å². The van der Waals surface area contributed by atoms with Crippen LogP contribution in [0.5, 0.6) is 11.5 Å². The summed E-state index contributed by atoms with van der Waals surface area (Å²) in [5.74, 6) is 1.58. The molecule has 0 saturated heterocycles. The SMILES string of the molecule is COc1ccc(OC)c(CNCCNC(N)=O)c1. The maximum atomic E-state index is 10.5. The monoisotopic (exact) mass is 253 g/mol. The van der Waals surface area contributed by atoms with Crippen LogP contribution in [0.2, 0.25) is 0 Å². The molecule has 18 heavy (non-hydrogen) atoms. The van der Waals surface area contributed by atoms with E-state index in [2.05, 4.69) is 10.6 Å². The Kier molecular flexibility index (Phi) is 5.79. The number of primary amides is 1. The van der Waals surface area contributed by atoms with Gasteiger partial charge in [0.05, 0.1) is 14.2 Å². The largest absolute Gasteiger partial charge is 0.497 e. The lowest BCUT2D eigenvalue weighted by Crippen LogP contribution is -2.35. The second-order valence-corrected chi connectivity index (χ2v) is 3.65. The lowest BCUT2D eigenvalue weighted by atomic mass is 10.2. The molecule has 0 saturated carbocycles. The quantitative estimate of drug-likeness (QED) is 0.616. The molecule has 6 heteroatoms. The average Bonchev–Trinajstić information content (AvgIpc) is 2.37. The smallest absolute Gasteiger partial charge is 0.312 e. The predicted octanol–water partition coefficient (Wildman–Crippen LogP) is 0.462. The summed E-state index contributed by atoms with van der Waals surface area (Å²) >= 11 is 0. The summed E-state index contributed by atoms with van der Waals surface area (Å²) in [5, 5.41) is 5.68. The zero-order chi connectivity index (χ0) is 13.4. The van der Waals surface area contributed by atoms with Gasteiger partial charge in [0.1, 0.15) is 11.5 Å². The standard InChI is InChI=1S/C12H19N3O3/c1-17-10-3-4-11(18-2)9(7-10)8-14-5-6-15-12(13)16/h3-4,7,14H,5-6,8H2,1-2H3,(H3,13,15,16). The minimum atomic E-state index is -0.518. The number of rotatable bonds is 7. The molecule has 1 aromatic carbocycles. The zero-order valence-corrected chi connectivity index (χ0v) is 10.7. The maximum Gasteiger partial charge on any atom is 0.312 e. The molecular weight excluding hydrogens is 234 g/mol. The lowest BCUT2D eigenvalue weighted by molar-refractivity contribution is 0.249. The zero-order valence-electron chi connectivity index (χ0n) is 10.7. The van der Waals surface area contributed by atoms with Crippen molar-refractivity contribution in [2.45, 2.75) is 6.54 Å². The molecule has 0 aliphatic rings. The van der Waals surface area contributed by atoms with Crippen LogP contribution in [-0.4, -0.2) is 33.3 Å². The molecule has 4 N–H and O–H groups in total. The first-order valence-electron chi connectivity index (χ1n) is 5.62. The molecule has 0 unspecified atom stereocenters. The van der Waals surface area contributed by atoms with Crippen molar-refractivity contribution in [2.24, 2.45) is 5.73 Å². The van der Waals surface area contributed by atoms with Crippen molar-refractivity contribution in [3.63, 3.8) is 0 Å². The van der Waals surface area contributed by atoms with Gasteiger partial charge in [0, 0.05) is 25.2 Å². The van der Waals surface area contributed by atoms with Gasteiger partial charge in [-0.3, -0.25) is 0 Å². The molecule has 6 nitrogen and oxygen atoms in total.